The molecule has 1 unspecified atom stereocenters. The van der Waals surface area contributed by atoms with Crippen molar-refractivity contribution in [2.45, 2.75) is 32.4 Å². The molecule has 4 heteroatoms. The zero-order valence-corrected chi connectivity index (χ0v) is 9.00. The molecule has 0 aliphatic rings. The summed E-state index contributed by atoms with van der Waals surface area (Å²) in [5.74, 6) is 0.0687. The van der Waals surface area contributed by atoms with Gasteiger partial charge in [0.25, 0.3) is 0 Å². The zero-order chi connectivity index (χ0) is 10.4. The third-order valence-electron chi connectivity index (χ3n) is 1.87. The first kappa shape index (κ1) is 12.4. The smallest absolute Gasteiger partial charge is 0.221 e. The molecule has 0 aromatic carbocycles. The molecule has 0 saturated carbocycles. The molecule has 0 aliphatic carbocycles. The summed E-state index contributed by atoms with van der Waals surface area (Å²) < 4.78 is 0. The molecule has 0 bridgehead atoms. The molecule has 0 rings (SSSR count). The van der Waals surface area contributed by atoms with E-state index in [1.54, 1.807) is 0 Å². The molecule has 0 aliphatic heterocycles. The van der Waals surface area contributed by atoms with E-state index in [9.17, 15) is 4.79 Å². The fourth-order valence-electron chi connectivity index (χ4n) is 1.07. The number of hydrogen-bond donors (Lipinski definition) is 2. The van der Waals surface area contributed by atoms with E-state index >= 15 is 0 Å². The monoisotopic (exact) mass is 187 g/mol. The third kappa shape index (κ3) is 5.60. The Morgan fingerprint density at radius 2 is 2.00 bits per heavy atom. The molecule has 0 heterocycles. The molecule has 0 aromatic rings. The molecule has 3 N–H and O–H groups in total. The highest BCUT2D eigenvalue weighted by atomic mass is 16.1. The fraction of sp³-hybridized carbons (Fsp3) is 0.889. The summed E-state index contributed by atoms with van der Waals surface area (Å²) in [5.41, 5.74) is 5.53. The number of likely N-dealkylation sites (N-methyl/N-ethyl adjacent to an activating group) is 1. The first-order valence-electron chi connectivity index (χ1n) is 4.63. The molecule has 0 spiro atoms. The van der Waals surface area contributed by atoms with Gasteiger partial charge in [-0.3, -0.25) is 4.79 Å². The van der Waals surface area contributed by atoms with Gasteiger partial charge in [0.15, 0.2) is 0 Å². The van der Waals surface area contributed by atoms with Crippen LogP contribution in [0.15, 0.2) is 0 Å². The lowest BCUT2D eigenvalue weighted by Crippen LogP contribution is -2.41. The Balaban J connectivity index is 3.87. The van der Waals surface area contributed by atoms with Crippen molar-refractivity contribution < 1.29 is 4.79 Å². The Kier molecular flexibility index (Phi) is 5.66. The van der Waals surface area contributed by atoms with E-state index in [0.29, 0.717) is 13.0 Å². The van der Waals surface area contributed by atoms with E-state index in [-0.39, 0.29) is 18.0 Å². The Bertz CT molecular complexity index is 157. The first-order valence-corrected chi connectivity index (χ1v) is 4.63. The number of nitrogens with zero attached hydrogens (tertiary/aromatic N) is 1. The second-order valence-corrected chi connectivity index (χ2v) is 3.78. The Morgan fingerprint density at radius 3 is 2.31 bits per heavy atom. The number of carbonyl (C=O) groups excluding carboxylic acids is 1. The van der Waals surface area contributed by atoms with E-state index in [1.165, 1.54) is 0 Å². The maximum atomic E-state index is 11.3. The second-order valence-electron chi connectivity index (χ2n) is 3.78. The number of hydrogen-bond acceptors (Lipinski definition) is 3. The summed E-state index contributed by atoms with van der Waals surface area (Å²) in [6.07, 6.45) is 0.474. The van der Waals surface area contributed by atoms with Gasteiger partial charge in [0.05, 0.1) is 0 Å². The van der Waals surface area contributed by atoms with Crippen LogP contribution in [0.4, 0.5) is 0 Å². The van der Waals surface area contributed by atoms with Crippen LogP contribution < -0.4 is 11.1 Å². The number of amides is 1. The maximum absolute atomic E-state index is 11.3. The van der Waals surface area contributed by atoms with Gasteiger partial charge in [0.1, 0.15) is 0 Å². The first-order chi connectivity index (χ1) is 5.97. The standard InChI is InChI=1S/C9H21N3O/c1-7(2)11-9(13)5-8(6-10)12(3)4/h7-8H,5-6,10H2,1-4H3,(H,11,13). The quantitative estimate of drug-likeness (QED) is 0.626. The lowest BCUT2D eigenvalue weighted by Gasteiger charge is -2.22. The lowest BCUT2D eigenvalue weighted by atomic mass is 10.2. The number of rotatable bonds is 5. The highest BCUT2D eigenvalue weighted by Gasteiger charge is 2.14. The molecular weight excluding hydrogens is 166 g/mol. The van der Waals surface area contributed by atoms with Crippen molar-refractivity contribution in [2.75, 3.05) is 20.6 Å². The summed E-state index contributed by atoms with van der Waals surface area (Å²) in [6.45, 7) is 4.41. The molecule has 78 valence electrons. The van der Waals surface area contributed by atoms with Gasteiger partial charge < -0.3 is 16.0 Å². The highest BCUT2D eigenvalue weighted by Crippen LogP contribution is 1.97. The van der Waals surface area contributed by atoms with E-state index < -0.39 is 0 Å². The van der Waals surface area contributed by atoms with Gasteiger partial charge in [-0.25, -0.2) is 0 Å². The zero-order valence-electron chi connectivity index (χ0n) is 9.00. The van der Waals surface area contributed by atoms with Gasteiger partial charge >= 0.3 is 0 Å². The van der Waals surface area contributed by atoms with Crippen LogP contribution in [-0.2, 0) is 4.79 Å². The van der Waals surface area contributed by atoms with E-state index in [4.69, 9.17) is 5.73 Å². The van der Waals surface area contributed by atoms with Crippen LogP contribution in [0.2, 0.25) is 0 Å². The number of carbonyl (C=O) groups is 1. The van der Waals surface area contributed by atoms with E-state index in [2.05, 4.69) is 5.32 Å². The summed E-state index contributed by atoms with van der Waals surface area (Å²) in [6, 6.07) is 0.340. The van der Waals surface area contributed by atoms with Crippen molar-refractivity contribution in [3.8, 4) is 0 Å². The lowest BCUT2D eigenvalue weighted by molar-refractivity contribution is -0.122. The molecule has 13 heavy (non-hydrogen) atoms. The predicted octanol–water partition coefficient (Wildman–Crippen LogP) is -0.210. The molecule has 1 atom stereocenters. The molecular formula is C9H21N3O. The van der Waals surface area contributed by atoms with E-state index in [0.717, 1.165) is 0 Å². The van der Waals surface area contributed by atoms with Crippen molar-refractivity contribution in [3.63, 3.8) is 0 Å². The van der Waals surface area contributed by atoms with Crippen molar-refractivity contribution in [2.24, 2.45) is 5.73 Å². The summed E-state index contributed by atoms with van der Waals surface area (Å²) in [5, 5.41) is 2.84. The van der Waals surface area contributed by atoms with E-state index in [1.807, 2.05) is 32.8 Å². The summed E-state index contributed by atoms with van der Waals surface area (Å²) >= 11 is 0. The average Bonchev–Trinajstić information content (AvgIpc) is 1.98. The van der Waals surface area contributed by atoms with Gasteiger partial charge in [-0.1, -0.05) is 0 Å². The van der Waals surface area contributed by atoms with Crippen LogP contribution >= 0.6 is 0 Å². The van der Waals surface area contributed by atoms with Crippen molar-refractivity contribution >= 4 is 5.91 Å². The molecule has 1 amide bonds. The Labute approximate surface area is 80.5 Å². The molecule has 0 radical (unpaired) electrons. The van der Waals surface area contributed by atoms with Gasteiger partial charge in [0.2, 0.25) is 5.91 Å². The van der Waals surface area contributed by atoms with Crippen molar-refractivity contribution in [1.29, 1.82) is 0 Å². The summed E-state index contributed by atoms with van der Waals surface area (Å²) in [7, 11) is 3.86. The van der Waals surface area contributed by atoms with Gasteiger partial charge in [-0.15, -0.1) is 0 Å². The van der Waals surface area contributed by atoms with Gasteiger partial charge in [-0.2, -0.15) is 0 Å². The van der Waals surface area contributed by atoms with Crippen molar-refractivity contribution in [3.05, 3.63) is 0 Å². The minimum Gasteiger partial charge on any atom is -0.354 e. The predicted molar refractivity (Wildman–Crippen MR) is 54.4 cm³/mol. The fourth-order valence-corrected chi connectivity index (χ4v) is 1.07. The van der Waals surface area contributed by atoms with Gasteiger partial charge in [-0.05, 0) is 27.9 Å². The van der Waals surface area contributed by atoms with Crippen LogP contribution in [0.3, 0.4) is 0 Å². The number of nitrogens with two attached hydrogens (primary N) is 1. The average molecular weight is 187 g/mol. The molecule has 0 fully saturated rings. The van der Waals surface area contributed by atoms with Crippen molar-refractivity contribution in [1.82, 2.24) is 10.2 Å². The maximum Gasteiger partial charge on any atom is 0.221 e. The molecule has 0 aromatic heterocycles. The SMILES string of the molecule is CC(C)NC(=O)CC(CN)N(C)C. The summed E-state index contributed by atoms with van der Waals surface area (Å²) in [4.78, 5) is 13.3. The van der Waals surface area contributed by atoms with Crippen LogP contribution in [0, 0.1) is 0 Å². The Hall–Kier alpha value is -0.610. The van der Waals surface area contributed by atoms with Crippen LogP contribution in [0.5, 0.6) is 0 Å². The normalized spacial score (nSPS) is 13.5. The minimum atomic E-state index is 0.0687. The highest BCUT2D eigenvalue weighted by molar-refractivity contribution is 5.76. The molecule has 4 nitrogen and oxygen atoms in total. The minimum absolute atomic E-state index is 0.0687. The number of nitrogens with one attached hydrogen (secondary N) is 1. The third-order valence-corrected chi connectivity index (χ3v) is 1.87. The van der Waals surface area contributed by atoms with Gasteiger partial charge in [0, 0.05) is 25.0 Å². The van der Waals surface area contributed by atoms with Crippen LogP contribution in [0.25, 0.3) is 0 Å². The van der Waals surface area contributed by atoms with Crippen LogP contribution in [-0.4, -0.2) is 43.5 Å². The molecule has 0 saturated heterocycles. The topological polar surface area (TPSA) is 58.4 Å². The van der Waals surface area contributed by atoms with Crippen LogP contribution in [0.1, 0.15) is 20.3 Å². The largest absolute Gasteiger partial charge is 0.354 e. The second kappa shape index (κ2) is 5.94. The Morgan fingerprint density at radius 1 is 1.46 bits per heavy atom.